The van der Waals surface area contributed by atoms with Crippen molar-refractivity contribution in [3.05, 3.63) is 12.2 Å². The van der Waals surface area contributed by atoms with Crippen molar-refractivity contribution in [1.29, 1.82) is 0 Å². The summed E-state index contributed by atoms with van der Waals surface area (Å²) in [5, 5.41) is 3.22. The van der Waals surface area contributed by atoms with E-state index in [9.17, 15) is 9.59 Å². The third kappa shape index (κ3) is 3.16. The second-order valence-electron chi connectivity index (χ2n) is 5.13. The molecule has 2 amide bonds. The molecule has 2 atom stereocenters. The van der Waals surface area contributed by atoms with Gasteiger partial charge in [0.15, 0.2) is 0 Å². The zero-order chi connectivity index (χ0) is 13.2. The highest BCUT2D eigenvalue weighted by atomic mass is 16.2. The van der Waals surface area contributed by atoms with Crippen LogP contribution >= 0.6 is 0 Å². The zero-order valence-corrected chi connectivity index (χ0v) is 11.1. The van der Waals surface area contributed by atoms with Crippen molar-refractivity contribution < 1.29 is 9.59 Å². The van der Waals surface area contributed by atoms with Crippen LogP contribution in [0.5, 0.6) is 0 Å². The molecule has 1 heterocycles. The zero-order valence-electron chi connectivity index (χ0n) is 11.1. The van der Waals surface area contributed by atoms with Crippen molar-refractivity contribution in [1.82, 2.24) is 10.2 Å². The molecule has 1 aliphatic heterocycles. The van der Waals surface area contributed by atoms with E-state index in [4.69, 9.17) is 0 Å². The van der Waals surface area contributed by atoms with Gasteiger partial charge in [-0.3, -0.25) is 14.5 Å². The van der Waals surface area contributed by atoms with Crippen LogP contribution in [0.1, 0.15) is 27.7 Å². The average molecular weight is 238 g/mol. The molecule has 2 unspecified atom stereocenters. The molecule has 0 saturated carbocycles. The standard InChI is InChI=1S/C13H22N2O2/c1-8(2)14-6-9(3)7-15-12(16)10(4)11(5)13(15)17/h8,10-11,14H,3,6-7H2,1-2,4-5H3. The van der Waals surface area contributed by atoms with Gasteiger partial charge < -0.3 is 5.32 Å². The predicted molar refractivity (Wildman–Crippen MR) is 67.3 cm³/mol. The lowest BCUT2D eigenvalue weighted by atomic mass is 10.00. The Kier molecular flexibility index (Phi) is 4.46. The SMILES string of the molecule is C=C(CNC(C)C)CN1C(=O)C(C)C(C)C1=O. The first-order valence-electron chi connectivity index (χ1n) is 6.09. The van der Waals surface area contributed by atoms with Crippen molar-refractivity contribution in [3.8, 4) is 0 Å². The summed E-state index contributed by atoms with van der Waals surface area (Å²) in [6, 6.07) is 0.370. The molecule has 4 heteroatoms. The molecule has 0 radical (unpaired) electrons. The number of hydrogen-bond acceptors (Lipinski definition) is 3. The van der Waals surface area contributed by atoms with Gasteiger partial charge in [-0.1, -0.05) is 34.3 Å². The number of imide groups is 1. The summed E-state index contributed by atoms with van der Waals surface area (Å²) in [5.74, 6) is -0.553. The van der Waals surface area contributed by atoms with E-state index >= 15 is 0 Å². The third-order valence-corrected chi connectivity index (χ3v) is 3.20. The summed E-state index contributed by atoms with van der Waals surface area (Å²) in [5.41, 5.74) is 0.863. The quantitative estimate of drug-likeness (QED) is 0.578. The minimum Gasteiger partial charge on any atom is -0.311 e. The fourth-order valence-electron chi connectivity index (χ4n) is 1.81. The van der Waals surface area contributed by atoms with Gasteiger partial charge in [0, 0.05) is 24.4 Å². The molecule has 0 aromatic heterocycles. The summed E-state index contributed by atoms with van der Waals surface area (Å²) >= 11 is 0. The molecule has 1 saturated heterocycles. The highest BCUT2D eigenvalue weighted by Gasteiger charge is 2.41. The predicted octanol–water partition coefficient (Wildman–Crippen LogP) is 1.18. The van der Waals surface area contributed by atoms with Crippen LogP contribution in [0.25, 0.3) is 0 Å². The van der Waals surface area contributed by atoms with E-state index < -0.39 is 0 Å². The summed E-state index contributed by atoms with van der Waals surface area (Å²) in [7, 11) is 0. The van der Waals surface area contributed by atoms with E-state index in [2.05, 4.69) is 11.9 Å². The van der Waals surface area contributed by atoms with Gasteiger partial charge in [0.05, 0.1) is 6.54 Å². The maximum Gasteiger partial charge on any atom is 0.233 e. The maximum atomic E-state index is 11.8. The first-order valence-corrected chi connectivity index (χ1v) is 6.09. The molecule has 17 heavy (non-hydrogen) atoms. The average Bonchev–Trinajstić information content (AvgIpc) is 2.44. The lowest BCUT2D eigenvalue weighted by molar-refractivity contribution is -0.139. The molecule has 0 aromatic rings. The number of nitrogens with zero attached hydrogens (tertiary/aromatic N) is 1. The van der Waals surface area contributed by atoms with Crippen LogP contribution in [-0.4, -0.2) is 35.8 Å². The Morgan fingerprint density at radius 2 is 1.76 bits per heavy atom. The van der Waals surface area contributed by atoms with E-state index in [0.717, 1.165) is 5.57 Å². The van der Waals surface area contributed by atoms with Crippen LogP contribution in [0.15, 0.2) is 12.2 Å². The first-order chi connectivity index (χ1) is 7.84. The van der Waals surface area contributed by atoms with Gasteiger partial charge >= 0.3 is 0 Å². The number of nitrogens with one attached hydrogen (secondary N) is 1. The van der Waals surface area contributed by atoms with Crippen LogP contribution in [0.2, 0.25) is 0 Å². The summed E-state index contributed by atoms with van der Waals surface area (Å²) in [6.07, 6.45) is 0. The van der Waals surface area contributed by atoms with E-state index in [1.165, 1.54) is 4.90 Å². The van der Waals surface area contributed by atoms with Crippen molar-refractivity contribution in [2.24, 2.45) is 11.8 Å². The molecule has 0 bridgehead atoms. The molecule has 1 N–H and O–H groups in total. The lowest BCUT2D eigenvalue weighted by Gasteiger charge is -2.17. The smallest absolute Gasteiger partial charge is 0.233 e. The highest BCUT2D eigenvalue weighted by molar-refractivity contribution is 6.04. The Hall–Kier alpha value is -1.16. The van der Waals surface area contributed by atoms with Gasteiger partial charge in [-0.25, -0.2) is 0 Å². The molecule has 4 nitrogen and oxygen atoms in total. The highest BCUT2D eigenvalue weighted by Crippen LogP contribution is 2.25. The minimum absolute atomic E-state index is 0.0757. The summed E-state index contributed by atoms with van der Waals surface area (Å²) < 4.78 is 0. The molecular formula is C13H22N2O2. The lowest BCUT2D eigenvalue weighted by Crippen LogP contribution is -2.35. The van der Waals surface area contributed by atoms with Crippen LogP contribution in [0.4, 0.5) is 0 Å². The van der Waals surface area contributed by atoms with Crippen LogP contribution in [-0.2, 0) is 9.59 Å². The normalized spacial score (nSPS) is 24.9. The van der Waals surface area contributed by atoms with Crippen LogP contribution in [0, 0.1) is 11.8 Å². The number of hydrogen-bond donors (Lipinski definition) is 1. The van der Waals surface area contributed by atoms with Crippen molar-refractivity contribution in [2.75, 3.05) is 13.1 Å². The van der Waals surface area contributed by atoms with Crippen molar-refractivity contribution in [2.45, 2.75) is 33.7 Å². The van der Waals surface area contributed by atoms with Crippen molar-refractivity contribution in [3.63, 3.8) is 0 Å². The molecule has 1 aliphatic rings. The molecule has 0 aromatic carbocycles. The second kappa shape index (κ2) is 5.45. The van der Waals surface area contributed by atoms with E-state index in [1.807, 2.05) is 13.8 Å². The number of carbonyl (C=O) groups is 2. The number of amides is 2. The largest absolute Gasteiger partial charge is 0.311 e. The first kappa shape index (κ1) is 13.9. The Labute approximate surface area is 103 Å². The van der Waals surface area contributed by atoms with E-state index in [-0.39, 0.29) is 23.7 Å². The Bertz CT molecular complexity index is 316. The fourth-order valence-corrected chi connectivity index (χ4v) is 1.81. The van der Waals surface area contributed by atoms with Gasteiger partial charge in [-0.05, 0) is 5.57 Å². The molecule has 0 aliphatic carbocycles. The summed E-state index contributed by atoms with van der Waals surface area (Å²) in [4.78, 5) is 25.0. The Morgan fingerprint density at radius 3 is 2.18 bits per heavy atom. The van der Waals surface area contributed by atoms with Crippen LogP contribution in [0.3, 0.4) is 0 Å². The fraction of sp³-hybridized carbons (Fsp3) is 0.692. The topological polar surface area (TPSA) is 49.4 Å². The number of likely N-dealkylation sites (tertiary alicyclic amines) is 1. The van der Waals surface area contributed by atoms with Gasteiger partial charge in [0.2, 0.25) is 11.8 Å². The van der Waals surface area contributed by atoms with Gasteiger partial charge in [-0.2, -0.15) is 0 Å². The summed E-state index contributed by atoms with van der Waals surface area (Å²) in [6.45, 7) is 12.6. The Balaban J connectivity index is 2.54. The van der Waals surface area contributed by atoms with Gasteiger partial charge in [0.1, 0.15) is 0 Å². The second-order valence-corrected chi connectivity index (χ2v) is 5.13. The van der Waals surface area contributed by atoms with E-state index in [0.29, 0.717) is 19.1 Å². The van der Waals surface area contributed by atoms with Gasteiger partial charge in [-0.15, -0.1) is 0 Å². The minimum atomic E-state index is -0.201. The maximum absolute atomic E-state index is 11.8. The Morgan fingerprint density at radius 1 is 1.29 bits per heavy atom. The van der Waals surface area contributed by atoms with E-state index in [1.54, 1.807) is 13.8 Å². The third-order valence-electron chi connectivity index (χ3n) is 3.20. The monoisotopic (exact) mass is 238 g/mol. The molecule has 1 rings (SSSR count). The van der Waals surface area contributed by atoms with Crippen LogP contribution < -0.4 is 5.32 Å². The molecule has 1 fully saturated rings. The molecule has 96 valence electrons. The number of carbonyl (C=O) groups excluding carboxylic acids is 2. The van der Waals surface area contributed by atoms with Gasteiger partial charge in [0.25, 0.3) is 0 Å². The number of rotatable bonds is 5. The molecular weight excluding hydrogens is 216 g/mol. The molecule has 0 spiro atoms. The van der Waals surface area contributed by atoms with Crippen molar-refractivity contribution >= 4 is 11.8 Å².